The highest BCUT2D eigenvalue weighted by atomic mass is 35.5. The number of aromatic nitrogens is 2. The summed E-state index contributed by atoms with van der Waals surface area (Å²) in [6.45, 7) is 6.63. The first-order chi connectivity index (χ1) is 17.4. The minimum absolute atomic E-state index is 0.118. The molecule has 1 amide bonds. The second-order valence-corrected chi connectivity index (χ2v) is 9.19. The van der Waals surface area contributed by atoms with Gasteiger partial charge in [0, 0.05) is 0 Å². The van der Waals surface area contributed by atoms with Crippen LogP contribution in [0.2, 0.25) is 5.02 Å². The van der Waals surface area contributed by atoms with E-state index in [9.17, 15) is 10.1 Å². The molecule has 1 aromatic heterocycles. The normalized spacial score (nSPS) is 11.1. The topological polar surface area (TPSA) is 106 Å². The fraction of sp³-hybridized carbons (Fsp3) is 0.308. The average Bonchev–Trinajstić information content (AvgIpc) is 3.32. The maximum atomic E-state index is 12.5. The van der Waals surface area contributed by atoms with Crippen LogP contribution in [-0.2, 0) is 17.6 Å². The first-order valence-electron chi connectivity index (χ1n) is 11.4. The highest BCUT2D eigenvalue weighted by molar-refractivity contribution is 7.15. The zero-order chi connectivity index (χ0) is 26.1. The Morgan fingerprint density at radius 2 is 1.92 bits per heavy atom. The van der Waals surface area contributed by atoms with E-state index in [1.807, 2.05) is 32.0 Å². The molecule has 0 fully saturated rings. The number of methoxy groups -OCH3 is 1. The minimum atomic E-state index is -0.591. The highest BCUT2D eigenvalue weighted by Gasteiger charge is 2.16. The van der Waals surface area contributed by atoms with Gasteiger partial charge in [-0.1, -0.05) is 42.9 Å². The fourth-order valence-corrected chi connectivity index (χ4v) is 4.25. The number of anilines is 1. The summed E-state index contributed by atoms with van der Waals surface area (Å²) in [5, 5.41) is 21.4. The molecule has 0 atom stereocenters. The van der Waals surface area contributed by atoms with Crippen molar-refractivity contribution < 1.29 is 19.0 Å². The third-order valence-corrected chi connectivity index (χ3v) is 6.30. The number of amides is 1. The van der Waals surface area contributed by atoms with Gasteiger partial charge >= 0.3 is 0 Å². The zero-order valence-electron chi connectivity index (χ0n) is 20.6. The lowest BCUT2D eigenvalue weighted by Gasteiger charge is -2.14. The van der Waals surface area contributed by atoms with E-state index in [4.69, 9.17) is 25.8 Å². The van der Waals surface area contributed by atoms with Crippen LogP contribution >= 0.6 is 22.9 Å². The Kier molecular flexibility index (Phi) is 9.68. The molecule has 1 heterocycles. The first-order valence-corrected chi connectivity index (χ1v) is 12.6. The van der Waals surface area contributed by atoms with E-state index in [0.717, 1.165) is 22.7 Å². The van der Waals surface area contributed by atoms with Gasteiger partial charge in [0.2, 0.25) is 5.13 Å². The molecule has 10 heteroatoms. The minimum Gasteiger partial charge on any atom is -0.493 e. The van der Waals surface area contributed by atoms with Gasteiger partial charge in [0.15, 0.2) is 11.5 Å². The Hall–Kier alpha value is -3.61. The molecule has 0 aliphatic rings. The molecule has 0 saturated heterocycles. The molecule has 188 valence electrons. The summed E-state index contributed by atoms with van der Waals surface area (Å²) < 4.78 is 17.1. The van der Waals surface area contributed by atoms with Crippen molar-refractivity contribution in [3.05, 3.63) is 62.6 Å². The van der Waals surface area contributed by atoms with Gasteiger partial charge in [-0.3, -0.25) is 10.1 Å². The number of halogens is 1. The summed E-state index contributed by atoms with van der Waals surface area (Å²) in [5.74, 6) is 0.913. The number of carbonyl (C=O) groups is 1. The quantitative estimate of drug-likeness (QED) is 0.196. The Morgan fingerprint density at radius 3 is 2.58 bits per heavy atom. The monoisotopic (exact) mass is 526 g/mol. The number of nitrogens with one attached hydrogen (secondary N) is 1. The van der Waals surface area contributed by atoms with Crippen molar-refractivity contribution in [1.82, 2.24) is 10.2 Å². The summed E-state index contributed by atoms with van der Waals surface area (Å²) in [6.07, 6.45) is 3.06. The Labute approximate surface area is 219 Å². The molecule has 2 aromatic carbocycles. The van der Waals surface area contributed by atoms with Crippen LogP contribution in [0.5, 0.6) is 17.2 Å². The van der Waals surface area contributed by atoms with Crippen LogP contribution in [0, 0.1) is 18.3 Å². The van der Waals surface area contributed by atoms with Gasteiger partial charge in [-0.05, 0) is 66.8 Å². The summed E-state index contributed by atoms with van der Waals surface area (Å²) >= 11 is 7.71. The van der Waals surface area contributed by atoms with Crippen LogP contribution in [0.25, 0.3) is 6.08 Å². The second kappa shape index (κ2) is 12.9. The molecule has 3 rings (SSSR count). The number of benzene rings is 2. The van der Waals surface area contributed by atoms with E-state index in [1.165, 1.54) is 30.1 Å². The van der Waals surface area contributed by atoms with Crippen LogP contribution in [0.1, 0.15) is 35.5 Å². The maximum Gasteiger partial charge on any atom is 0.268 e. The SMILES string of the molecule is CCc1cc(C)cc(OCCOc2c(Cl)cc(C=C(C#N)C(=O)Nc3nnc(CC)s3)cc2OC)c1. The van der Waals surface area contributed by atoms with E-state index in [1.54, 1.807) is 12.1 Å². The lowest BCUT2D eigenvalue weighted by atomic mass is 10.1. The molecule has 1 N–H and O–H groups in total. The van der Waals surface area contributed by atoms with Gasteiger partial charge in [0.1, 0.15) is 35.6 Å². The average molecular weight is 527 g/mol. The first kappa shape index (κ1) is 27.0. The molecule has 36 heavy (non-hydrogen) atoms. The molecule has 0 spiro atoms. The second-order valence-electron chi connectivity index (χ2n) is 7.72. The van der Waals surface area contributed by atoms with Gasteiger partial charge in [-0.15, -0.1) is 10.2 Å². The summed E-state index contributed by atoms with van der Waals surface area (Å²) in [4.78, 5) is 12.5. The number of hydrogen-bond acceptors (Lipinski definition) is 8. The summed E-state index contributed by atoms with van der Waals surface area (Å²) in [6, 6.07) is 11.3. The number of aryl methyl sites for hydroxylation is 3. The van der Waals surface area contributed by atoms with Gasteiger partial charge in [-0.2, -0.15) is 5.26 Å². The molecule has 0 unspecified atom stereocenters. The van der Waals surface area contributed by atoms with Crippen molar-refractivity contribution in [2.45, 2.75) is 33.6 Å². The van der Waals surface area contributed by atoms with Crippen molar-refractivity contribution in [2.24, 2.45) is 0 Å². The number of carbonyl (C=O) groups excluding carboxylic acids is 1. The fourth-order valence-electron chi connectivity index (χ4n) is 3.31. The maximum absolute atomic E-state index is 12.5. The van der Waals surface area contributed by atoms with Crippen LogP contribution in [0.4, 0.5) is 5.13 Å². The number of nitrogens with zero attached hydrogens (tertiary/aromatic N) is 3. The van der Waals surface area contributed by atoms with Crippen molar-refractivity contribution in [1.29, 1.82) is 5.26 Å². The van der Waals surface area contributed by atoms with Crippen molar-refractivity contribution in [2.75, 3.05) is 25.6 Å². The van der Waals surface area contributed by atoms with Crippen LogP contribution < -0.4 is 19.5 Å². The van der Waals surface area contributed by atoms with Crippen LogP contribution in [0.3, 0.4) is 0 Å². The van der Waals surface area contributed by atoms with E-state index in [0.29, 0.717) is 35.2 Å². The van der Waals surface area contributed by atoms with Crippen LogP contribution in [-0.4, -0.2) is 36.4 Å². The lowest BCUT2D eigenvalue weighted by Crippen LogP contribution is -2.13. The van der Waals surface area contributed by atoms with E-state index < -0.39 is 5.91 Å². The van der Waals surface area contributed by atoms with E-state index in [-0.39, 0.29) is 17.2 Å². The molecular weight excluding hydrogens is 500 g/mol. The predicted octanol–water partition coefficient (Wildman–Crippen LogP) is 5.64. The number of hydrogen-bond donors (Lipinski definition) is 1. The van der Waals surface area contributed by atoms with Gasteiger partial charge in [0.25, 0.3) is 5.91 Å². The predicted molar refractivity (Wildman–Crippen MR) is 141 cm³/mol. The van der Waals surface area contributed by atoms with Crippen LogP contribution in [0.15, 0.2) is 35.9 Å². The lowest BCUT2D eigenvalue weighted by molar-refractivity contribution is -0.112. The number of rotatable bonds is 11. The summed E-state index contributed by atoms with van der Waals surface area (Å²) in [7, 11) is 1.49. The molecule has 0 bridgehead atoms. The van der Waals surface area contributed by atoms with Gasteiger partial charge in [0.05, 0.1) is 12.1 Å². The molecule has 0 saturated carbocycles. The molecule has 0 aliphatic heterocycles. The van der Waals surface area contributed by atoms with E-state index >= 15 is 0 Å². The molecule has 0 radical (unpaired) electrons. The molecule has 8 nitrogen and oxygen atoms in total. The third-order valence-electron chi connectivity index (χ3n) is 5.03. The largest absolute Gasteiger partial charge is 0.493 e. The van der Waals surface area contributed by atoms with Gasteiger partial charge < -0.3 is 14.2 Å². The van der Waals surface area contributed by atoms with Crippen molar-refractivity contribution >= 4 is 40.1 Å². The number of ether oxygens (including phenoxy) is 3. The van der Waals surface area contributed by atoms with Crippen molar-refractivity contribution in [3.63, 3.8) is 0 Å². The standard InChI is InChI=1S/C26H27ClN4O4S/c1-5-17-9-16(3)10-20(12-17)34-7-8-35-24-21(27)13-18(14-22(24)33-4)11-19(15-28)25(32)29-26-31-30-23(6-2)36-26/h9-14H,5-8H2,1-4H3,(H,29,31,32). The Morgan fingerprint density at radius 1 is 1.14 bits per heavy atom. The zero-order valence-corrected chi connectivity index (χ0v) is 22.1. The Bertz CT molecular complexity index is 1300. The summed E-state index contributed by atoms with van der Waals surface area (Å²) in [5.41, 5.74) is 2.73. The third kappa shape index (κ3) is 7.20. The molecule has 0 aliphatic carbocycles. The number of nitriles is 1. The highest BCUT2D eigenvalue weighted by Crippen LogP contribution is 2.37. The van der Waals surface area contributed by atoms with Crippen molar-refractivity contribution in [3.8, 4) is 23.3 Å². The molecular formula is C26H27ClN4O4S. The van der Waals surface area contributed by atoms with Gasteiger partial charge in [-0.25, -0.2) is 0 Å². The Balaban J connectivity index is 1.68. The van der Waals surface area contributed by atoms with E-state index in [2.05, 4.69) is 28.5 Å². The molecule has 3 aromatic rings. The smallest absolute Gasteiger partial charge is 0.268 e.